The summed E-state index contributed by atoms with van der Waals surface area (Å²) in [6, 6.07) is 2.44. The number of nitrogens with zero attached hydrogens (tertiary/aromatic N) is 3. The van der Waals surface area contributed by atoms with Gasteiger partial charge in [-0.3, -0.25) is 9.59 Å². The van der Waals surface area contributed by atoms with E-state index in [0.29, 0.717) is 24.8 Å². The monoisotopic (exact) mass is 417 g/mol. The van der Waals surface area contributed by atoms with Crippen molar-refractivity contribution in [1.82, 2.24) is 14.1 Å². The number of carbonyl (C=O) groups excluding carboxylic acids is 2. The number of aryl methyl sites for hydroxylation is 2. The molecule has 29 heavy (non-hydrogen) atoms. The van der Waals surface area contributed by atoms with Gasteiger partial charge >= 0.3 is 5.97 Å². The fraction of sp³-hybridized carbons (Fsp3) is 0.591. The van der Waals surface area contributed by atoms with Crippen LogP contribution in [-0.2, 0) is 16.1 Å². The zero-order chi connectivity index (χ0) is 21.1. The van der Waals surface area contributed by atoms with Crippen molar-refractivity contribution in [2.24, 2.45) is 0 Å². The third-order valence-corrected chi connectivity index (χ3v) is 6.97. The fourth-order valence-corrected chi connectivity index (χ4v) is 5.27. The van der Waals surface area contributed by atoms with Crippen molar-refractivity contribution in [2.45, 2.75) is 77.5 Å². The predicted octanol–water partition coefficient (Wildman–Crippen LogP) is 4.57. The molecule has 1 aliphatic rings. The Morgan fingerprint density at radius 2 is 1.86 bits per heavy atom. The van der Waals surface area contributed by atoms with Gasteiger partial charge in [-0.25, -0.2) is 4.98 Å². The predicted molar refractivity (Wildman–Crippen MR) is 115 cm³/mol. The smallest absolute Gasteiger partial charge is 0.307 e. The molecule has 0 N–H and O–H groups in total. The first-order chi connectivity index (χ1) is 13.8. The van der Waals surface area contributed by atoms with E-state index in [1.807, 2.05) is 31.4 Å². The van der Waals surface area contributed by atoms with Gasteiger partial charge in [0.15, 0.2) is 10.9 Å². The summed E-state index contributed by atoms with van der Waals surface area (Å²) in [5.41, 5.74) is 4.88. The minimum Gasteiger partial charge on any atom is -0.469 e. The van der Waals surface area contributed by atoms with Gasteiger partial charge in [-0.15, -0.1) is 0 Å². The maximum absolute atomic E-state index is 13.0. The van der Waals surface area contributed by atoms with Crippen LogP contribution in [0.3, 0.4) is 0 Å². The van der Waals surface area contributed by atoms with Gasteiger partial charge in [-0.05, 0) is 46.6 Å². The maximum Gasteiger partial charge on any atom is 0.307 e. The highest BCUT2D eigenvalue weighted by atomic mass is 32.2. The topological polar surface area (TPSA) is 66.1 Å². The molecule has 0 radical (unpaired) electrons. The van der Waals surface area contributed by atoms with Crippen LogP contribution in [0.15, 0.2) is 11.2 Å². The zero-order valence-electron chi connectivity index (χ0n) is 18.1. The Kier molecular flexibility index (Phi) is 6.88. The van der Waals surface area contributed by atoms with Gasteiger partial charge in [-0.2, -0.15) is 0 Å². The normalized spacial score (nSPS) is 14.5. The molecule has 6 nitrogen and oxygen atoms in total. The van der Waals surface area contributed by atoms with Crippen LogP contribution in [0.5, 0.6) is 0 Å². The number of carbonyl (C=O) groups is 2. The summed E-state index contributed by atoms with van der Waals surface area (Å²) in [7, 11) is 1.39. The lowest BCUT2D eigenvalue weighted by Crippen LogP contribution is -2.11. The molecule has 1 fully saturated rings. The maximum atomic E-state index is 13.0. The van der Waals surface area contributed by atoms with Crippen molar-refractivity contribution in [2.75, 3.05) is 12.9 Å². The van der Waals surface area contributed by atoms with Crippen LogP contribution in [0.2, 0.25) is 0 Å². The standard InChI is InChI=1S/C22H31N3O3S/c1-14-12-19(17(4)24(14)11-10-21(27)28-5)20(26)13-29-22-23-15(2)16(3)25(22)18-8-6-7-9-18/h12,18H,6-11,13H2,1-5H3. The molecule has 2 aromatic heterocycles. The summed E-state index contributed by atoms with van der Waals surface area (Å²) in [4.78, 5) is 29.2. The molecule has 1 aliphatic carbocycles. The summed E-state index contributed by atoms with van der Waals surface area (Å²) in [6.07, 6.45) is 5.22. The summed E-state index contributed by atoms with van der Waals surface area (Å²) < 4.78 is 9.09. The molecule has 7 heteroatoms. The van der Waals surface area contributed by atoms with E-state index in [2.05, 4.69) is 11.5 Å². The molecule has 0 aliphatic heterocycles. The summed E-state index contributed by atoms with van der Waals surface area (Å²) in [5, 5.41) is 0.958. The number of aromatic nitrogens is 3. The second kappa shape index (κ2) is 9.20. The third kappa shape index (κ3) is 4.60. The lowest BCUT2D eigenvalue weighted by atomic mass is 10.2. The number of hydrogen-bond acceptors (Lipinski definition) is 5. The second-order valence-corrected chi connectivity index (χ2v) is 8.79. The van der Waals surface area contributed by atoms with E-state index in [0.717, 1.165) is 27.8 Å². The number of hydrogen-bond donors (Lipinski definition) is 0. The number of methoxy groups -OCH3 is 1. The Hall–Kier alpha value is -2.02. The van der Waals surface area contributed by atoms with Crippen LogP contribution in [0.1, 0.15) is 71.3 Å². The first kappa shape index (κ1) is 21.7. The summed E-state index contributed by atoms with van der Waals surface area (Å²) in [6.45, 7) is 8.60. The molecule has 158 valence electrons. The largest absolute Gasteiger partial charge is 0.469 e. The molecule has 0 saturated heterocycles. The number of esters is 1. The highest BCUT2D eigenvalue weighted by Crippen LogP contribution is 2.35. The van der Waals surface area contributed by atoms with Crippen LogP contribution in [0, 0.1) is 27.7 Å². The molecule has 0 spiro atoms. The van der Waals surface area contributed by atoms with Crippen LogP contribution >= 0.6 is 11.8 Å². The quantitative estimate of drug-likeness (QED) is 0.358. The summed E-state index contributed by atoms with van der Waals surface area (Å²) in [5.74, 6) is 0.221. The van der Waals surface area contributed by atoms with Gasteiger partial charge in [0.1, 0.15) is 0 Å². The van der Waals surface area contributed by atoms with Crippen molar-refractivity contribution >= 4 is 23.5 Å². The first-order valence-electron chi connectivity index (χ1n) is 10.3. The highest BCUT2D eigenvalue weighted by molar-refractivity contribution is 7.99. The lowest BCUT2D eigenvalue weighted by molar-refractivity contribution is -0.140. The summed E-state index contributed by atoms with van der Waals surface area (Å²) >= 11 is 1.54. The van der Waals surface area contributed by atoms with E-state index >= 15 is 0 Å². The SMILES string of the molecule is COC(=O)CCn1c(C)cc(C(=O)CSc2nc(C)c(C)n2C2CCCC2)c1C. The van der Waals surface area contributed by atoms with Gasteiger partial charge in [0, 0.05) is 35.2 Å². The van der Waals surface area contributed by atoms with Gasteiger partial charge in [0.25, 0.3) is 0 Å². The Morgan fingerprint density at radius 1 is 1.17 bits per heavy atom. The van der Waals surface area contributed by atoms with Crippen molar-refractivity contribution in [3.05, 3.63) is 34.4 Å². The van der Waals surface area contributed by atoms with Gasteiger partial charge in [0.2, 0.25) is 0 Å². The minimum absolute atomic E-state index is 0.101. The highest BCUT2D eigenvalue weighted by Gasteiger charge is 2.24. The Labute approximate surface area is 177 Å². The van der Waals surface area contributed by atoms with Gasteiger partial charge < -0.3 is 13.9 Å². The van der Waals surface area contributed by atoms with E-state index in [9.17, 15) is 9.59 Å². The first-order valence-corrected chi connectivity index (χ1v) is 11.3. The number of ether oxygens (including phenoxy) is 1. The van der Waals surface area contributed by atoms with E-state index < -0.39 is 0 Å². The average molecular weight is 418 g/mol. The molecule has 0 atom stereocenters. The average Bonchev–Trinajstić information content (AvgIpc) is 3.38. The zero-order valence-corrected chi connectivity index (χ0v) is 18.9. The van der Waals surface area contributed by atoms with Crippen LogP contribution in [-0.4, -0.2) is 38.7 Å². The Morgan fingerprint density at radius 3 is 2.52 bits per heavy atom. The Bertz CT molecular complexity index is 907. The van der Waals surface area contributed by atoms with Crippen molar-refractivity contribution in [3.8, 4) is 0 Å². The number of imidazole rings is 1. The van der Waals surface area contributed by atoms with E-state index in [-0.39, 0.29) is 11.8 Å². The van der Waals surface area contributed by atoms with E-state index in [1.54, 1.807) is 0 Å². The molecule has 1 saturated carbocycles. The molecule has 0 unspecified atom stereocenters. The van der Waals surface area contributed by atoms with E-state index in [1.165, 1.54) is 50.2 Å². The molecule has 2 heterocycles. The molecule has 0 amide bonds. The van der Waals surface area contributed by atoms with Crippen molar-refractivity contribution < 1.29 is 14.3 Å². The molecule has 3 rings (SSSR count). The molecule has 0 bridgehead atoms. The van der Waals surface area contributed by atoms with Gasteiger partial charge in [-0.1, -0.05) is 24.6 Å². The second-order valence-electron chi connectivity index (χ2n) is 7.85. The molecular formula is C22H31N3O3S. The lowest BCUT2D eigenvalue weighted by Gasteiger charge is -2.16. The Balaban J connectivity index is 1.72. The van der Waals surface area contributed by atoms with Crippen molar-refractivity contribution in [3.63, 3.8) is 0 Å². The van der Waals surface area contributed by atoms with Gasteiger partial charge in [0.05, 0.1) is 25.0 Å². The number of ketones is 1. The fourth-order valence-electron chi connectivity index (χ4n) is 4.23. The third-order valence-electron chi connectivity index (χ3n) is 6.02. The van der Waals surface area contributed by atoms with Crippen molar-refractivity contribution in [1.29, 1.82) is 0 Å². The molecule has 2 aromatic rings. The van der Waals surface area contributed by atoms with Crippen LogP contribution < -0.4 is 0 Å². The molecule has 0 aromatic carbocycles. The van der Waals surface area contributed by atoms with Crippen LogP contribution in [0.4, 0.5) is 0 Å². The number of Topliss-reactive ketones (excluding diaryl/α,β-unsaturated/α-hetero) is 1. The molecular weight excluding hydrogens is 386 g/mol. The van der Waals surface area contributed by atoms with E-state index in [4.69, 9.17) is 9.72 Å². The number of thioether (sulfide) groups is 1. The number of rotatable bonds is 8. The van der Waals surface area contributed by atoms with Crippen LogP contribution in [0.25, 0.3) is 0 Å². The minimum atomic E-state index is -0.245.